The Morgan fingerprint density at radius 2 is 2.00 bits per heavy atom. The summed E-state index contributed by atoms with van der Waals surface area (Å²) >= 11 is 0. The third kappa shape index (κ3) is 3.90. The summed E-state index contributed by atoms with van der Waals surface area (Å²) in [5.41, 5.74) is 2.98. The molecule has 0 bridgehead atoms. The maximum Gasteiger partial charge on any atom is 0.253 e. The number of rotatable bonds is 5. The Hall–Kier alpha value is -1.95. The molecule has 1 aromatic rings. The van der Waals surface area contributed by atoms with Gasteiger partial charge >= 0.3 is 0 Å². The number of carbonyl (C=O) groups is 2. The number of amides is 2. The van der Waals surface area contributed by atoms with Crippen molar-refractivity contribution < 1.29 is 9.59 Å². The number of likely N-dealkylation sites (N-methyl/N-ethyl adjacent to an activating group) is 2. The van der Waals surface area contributed by atoms with E-state index in [0.717, 1.165) is 31.6 Å². The number of hydrogen-bond acceptors (Lipinski definition) is 4. The molecule has 1 aliphatic carbocycles. The smallest absolute Gasteiger partial charge is 0.253 e. The second-order valence-electron chi connectivity index (χ2n) is 7.41. The van der Waals surface area contributed by atoms with Gasteiger partial charge in [-0.3, -0.25) is 19.5 Å². The zero-order valence-electron chi connectivity index (χ0n) is 16.1. The molecule has 6 nitrogen and oxygen atoms in total. The lowest BCUT2D eigenvalue weighted by molar-refractivity contribution is -0.135. The Bertz CT molecular complexity index is 672. The Balaban J connectivity index is 1.62. The third-order valence-electron chi connectivity index (χ3n) is 5.68. The molecule has 1 aromatic heterocycles. The Labute approximate surface area is 156 Å². The molecule has 0 aromatic carbocycles. The van der Waals surface area contributed by atoms with E-state index in [1.165, 1.54) is 18.4 Å². The van der Waals surface area contributed by atoms with Crippen LogP contribution in [0.1, 0.15) is 54.7 Å². The molecule has 3 rings (SSSR count). The van der Waals surface area contributed by atoms with Crippen LogP contribution in [-0.4, -0.2) is 65.4 Å². The zero-order valence-corrected chi connectivity index (χ0v) is 16.1. The van der Waals surface area contributed by atoms with E-state index in [2.05, 4.69) is 15.2 Å². The maximum absolute atomic E-state index is 12.7. The average Bonchev–Trinajstić information content (AvgIpc) is 3.02. The molecule has 2 amide bonds. The highest BCUT2D eigenvalue weighted by Gasteiger charge is 2.36. The third-order valence-corrected chi connectivity index (χ3v) is 5.68. The van der Waals surface area contributed by atoms with Crippen LogP contribution >= 0.6 is 0 Å². The summed E-state index contributed by atoms with van der Waals surface area (Å²) in [6, 6.07) is 1.84. The molecule has 0 spiro atoms. The van der Waals surface area contributed by atoms with E-state index in [1.807, 2.05) is 31.9 Å². The molecule has 2 aliphatic rings. The Morgan fingerprint density at radius 3 is 2.73 bits per heavy atom. The summed E-state index contributed by atoms with van der Waals surface area (Å²) in [5.74, 6) is 0.0740. The van der Waals surface area contributed by atoms with Crippen molar-refractivity contribution in [3.8, 4) is 0 Å². The SMILES string of the molecule is CCN(CC)C(=O)C1CC(NC(=O)c2cnc3c(c2)CCCC3)CN1C. The molecule has 26 heavy (non-hydrogen) atoms. The molecular formula is C20H30N4O2. The van der Waals surface area contributed by atoms with Crippen LogP contribution in [0.3, 0.4) is 0 Å². The number of likely N-dealkylation sites (tertiary alicyclic amines) is 1. The number of nitrogens with one attached hydrogen (secondary N) is 1. The second-order valence-corrected chi connectivity index (χ2v) is 7.41. The molecule has 0 saturated carbocycles. The number of fused-ring (bicyclic) bond motifs is 1. The fraction of sp³-hybridized carbons (Fsp3) is 0.650. The molecule has 2 heterocycles. The van der Waals surface area contributed by atoms with Gasteiger partial charge in [0.2, 0.25) is 5.91 Å². The van der Waals surface area contributed by atoms with Gasteiger partial charge in [0.1, 0.15) is 0 Å². The molecule has 1 fully saturated rings. The van der Waals surface area contributed by atoms with E-state index in [9.17, 15) is 9.59 Å². The highest BCUT2D eigenvalue weighted by molar-refractivity contribution is 5.94. The molecule has 142 valence electrons. The summed E-state index contributed by atoms with van der Waals surface area (Å²) < 4.78 is 0. The van der Waals surface area contributed by atoms with Gasteiger partial charge in [0.05, 0.1) is 11.6 Å². The topological polar surface area (TPSA) is 65.5 Å². The van der Waals surface area contributed by atoms with Gasteiger partial charge in [0.15, 0.2) is 0 Å². The van der Waals surface area contributed by atoms with Crippen LogP contribution in [0.25, 0.3) is 0 Å². The van der Waals surface area contributed by atoms with Crippen LogP contribution in [-0.2, 0) is 17.6 Å². The van der Waals surface area contributed by atoms with E-state index in [4.69, 9.17) is 0 Å². The van der Waals surface area contributed by atoms with Gasteiger partial charge in [-0.2, -0.15) is 0 Å². The van der Waals surface area contributed by atoms with Gasteiger partial charge in [0, 0.05) is 37.6 Å². The predicted octanol–water partition coefficient (Wildman–Crippen LogP) is 1.63. The quantitative estimate of drug-likeness (QED) is 0.869. The largest absolute Gasteiger partial charge is 0.348 e. The molecule has 2 atom stereocenters. The first kappa shape index (κ1) is 18.8. The number of hydrogen-bond donors (Lipinski definition) is 1. The summed E-state index contributed by atoms with van der Waals surface area (Å²) in [4.78, 5) is 33.7. The van der Waals surface area contributed by atoms with Crippen molar-refractivity contribution in [1.82, 2.24) is 20.1 Å². The van der Waals surface area contributed by atoms with Crippen molar-refractivity contribution >= 4 is 11.8 Å². The van der Waals surface area contributed by atoms with Gasteiger partial charge < -0.3 is 10.2 Å². The molecule has 1 aliphatic heterocycles. The minimum Gasteiger partial charge on any atom is -0.348 e. The highest BCUT2D eigenvalue weighted by atomic mass is 16.2. The Morgan fingerprint density at radius 1 is 1.27 bits per heavy atom. The molecule has 6 heteroatoms. The second kappa shape index (κ2) is 8.16. The molecular weight excluding hydrogens is 328 g/mol. The lowest BCUT2D eigenvalue weighted by Crippen LogP contribution is -2.44. The molecule has 1 N–H and O–H groups in total. The normalized spacial score (nSPS) is 22.7. The number of carbonyl (C=O) groups excluding carboxylic acids is 2. The summed E-state index contributed by atoms with van der Waals surface area (Å²) in [6.45, 7) is 6.13. The molecule has 1 saturated heterocycles. The van der Waals surface area contributed by atoms with Crippen LogP contribution in [0.4, 0.5) is 0 Å². The summed E-state index contributed by atoms with van der Waals surface area (Å²) in [7, 11) is 1.96. The van der Waals surface area contributed by atoms with Crippen molar-refractivity contribution in [2.24, 2.45) is 0 Å². The van der Waals surface area contributed by atoms with E-state index in [1.54, 1.807) is 6.20 Å². The van der Waals surface area contributed by atoms with E-state index in [0.29, 0.717) is 18.5 Å². The van der Waals surface area contributed by atoms with Gasteiger partial charge in [-0.25, -0.2) is 0 Å². The van der Waals surface area contributed by atoms with E-state index < -0.39 is 0 Å². The van der Waals surface area contributed by atoms with Gasteiger partial charge in [0.25, 0.3) is 5.91 Å². The first-order chi connectivity index (χ1) is 12.5. The summed E-state index contributed by atoms with van der Waals surface area (Å²) in [6.07, 6.45) is 6.73. The van der Waals surface area contributed by atoms with Crippen LogP contribution in [0.5, 0.6) is 0 Å². The van der Waals surface area contributed by atoms with Gasteiger partial charge in [-0.1, -0.05) is 0 Å². The first-order valence-corrected chi connectivity index (χ1v) is 9.81. The lowest BCUT2D eigenvalue weighted by atomic mass is 9.95. The monoisotopic (exact) mass is 358 g/mol. The minimum absolute atomic E-state index is 0.00644. The zero-order chi connectivity index (χ0) is 18.7. The fourth-order valence-electron chi connectivity index (χ4n) is 4.12. The number of pyridine rings is 1. The van der Waals surface area contributed by atoms with Crippen LogP contribution in [0.15, 0.2) is 12.3 Å². The highest BCUT2D eigenvalue weighted by Crippen LogP contribution is 2.21. The number of nitrogens with zero attached hydrogens (tertiary/aromatic N) is 3. The van der Waals surface area contributed by atoms with E-state index >= 15 is 0 Å². The van der Waals surface area contributed by atoms with Crippen LogP contribution < -0.4 is 5.32 Å². The first-order valence-electron chi connectivity index (χ1n) is 9.81. The lowest BCUT2D eigenvalue weighted by Gasteiger charge is -2.26. The molecule has 0 radical (unpaired) electrons. The molecule has 2 unspecified atom stereocenters. The van der Waals surface area contributed by atoms with E-state index in [-0.39, 0.29) is 23.9 Å². The van der Waals surface area contributed by atoms with Crippen LogP contribution in [0, 0.1) is 0 Å². The van der Waals surface area contributed by atoms with Crippen LogP contribution in [0.2, 0.25) is 0 Å². The van der Waals surface area contributed by atoms with Gasteiger partial charge in [-0.05, 0) is 64.6 Å². The average molecular weight is 358 g/mol. The summed E-state index contributed by atoms with van der Waals surface area (Å²) in [5, 5.41) is 3.10. The minimum atomic E-state index is -0.151. The Kier molecular flexibility index (Phi) is 5.91. The van der Waals surface area contributed by atoms with Crippen molar-refractivity contribution in [2.45, 2.75) is 58.0 Å². The van der Waals surface area contributed by atoms with Crippen molar-refractivity contribution in [3.05, 3.63) is 29.1 Å². The predicted molar refractivity (Wildman–Crippen MR) is 101 cm³/mol. The standard InChI is InChI=1S/C20H30N4O2/c1-4-24(5-2)20(26)18-11-16(13-23(18)3)22-19(25)15-10-14-8-6-7-9-17(14)21-12-15/h10,12,16,18H,4-9,11,13H2,1-3H3,(H,22,25). The maximum atomic E-state index is 12.7. The van der Waals surface area contributed by atoms with Crippen molar-refractivity contribution in [1.29, 1.82) is 0 Å². The van der Waals surface area contributed by atoms with Gasteiger partial charge in [-0.15, -0.1) is 0 Å². The fourth-order valence-corrected chi connectivity index (χ4v) is 4.12. The number of aryl methyl sites for hydroxylation is 2. The number of aromatic nitrogens is 1. The van der Waals surface area contributed by atoms with Crippen molar-refractivity contribution in [2.75, 3.05) is 26.7 Å². The van der Waals surface area contributed by atoms with Crippen molar-refractivity contribution in [3.63, 3.8) is 0 Å².